The van der Waals surface area contributed by atoms with Crippen LogP contribution in [0, 0.1) is 10.5 Å². The van der Waals surface area contributed by atoms with Crippen LogP contribution in [-0.4, -0.2) is 12.9 Å². The zero-order valence-electron chi connectivity index (χ0n) is 11.2. The molecule has 0 aliphatic rings. The average molecular weight is 445 g/mol. The van der Waals surface area contributed by atoms with Crippen LogP contribution >= 0.6 is 38.5 Å². The summed E-state index contributed by atoms with van der Waals surface area (Å²) in [5, 5.41) is 0. The number of Topliss-reactive ketones (excluding diaryl/α,β-unsaturated/α-hetero) is 1. The lowest BCUT2D eigenvalue weighted by Crippen LogP contribution is -2.07. The number of hydrogen-bond acceptors (Lipinski definition) is 2. The van der Waals surface area contributed by atoms with Crippen LogP contribution in [0.2, 0.25) is 0 Å². The maximum Gasteiger partial charge on any atom is 0.168 e. The van der Waals surface area contributed by atoms with Gasteiger partial charge in [0.25, 0.3) is 0 Å². The first-order valence-electron chi connectivity index (χ1n) is 6.13. The summed E-state index contributed by atoms with van der Waals surface area (Å²) in [5.74, 6) is 0.846. The monoisotopic (exact) mass is 444 g/mol. The predicted molar refractivity (Wildman–Crippen MR) is 92.6 cm³/mol. The summed E-state index contributed by atoms with van der Waals surface area (Å²) in [6.07, 6.45) is 0.335. The Kier molecular flexibility index (Phi) is 5.21. The molecule has 0 unspecified atom stereocenters. The highest BCUT2D eigenvalue weighted by Crippen LogP contribution is 2.25. The normalized spacial score (nSPS) is 10.4. The van der Waals surface area contributed by atoms with Crippen LogP contribution in [0.5, 0.6) is 5.75 Å². The SMILES string of the molecule is COc1ccc(Br)cc1CC(=O)c1cccc(C)c1I. The fourth-order valence-electron chi connectivity index (χ4n) is 2.02. The van der Waals surface area contributed by atoms with Crippen LogP contribution in [-0.2, 0) is 6.42 Å². The molecule has 0 aromatic heterocycles. The van der Waals surface area contributed by atoms with Crippen molar-refractivity contribution in [1.29, 1.82) is 0 Å². The van der Waals surface area contributed by atoms with E-state index in [9.17, 15) is 4.79 Å². The summed E-state index contributed by atoms with van der Waals surface area (Å²) in [5.41, 5.74) is 2.79. The highest BCUT2D eigenvalue weighted by molar-refractivity contribution is 14.1. The number of methoxy groups -OCH3 is 1. The molecule has 4 heteroatoms. The van der Waals surface area contributed by atoms with E-state index in [0.29, 0.717) is 6.42 Å². The van der Waals surface area contributed by atoms with Crippen LogP contribution in [0.3, 0.4) is 0 Å². The van der Waals surface area contributed by atoms with Gasteiger partial charge in [0.1, 0.15) is 5.75 Å². The molecule has 0 aliphatic heterocycles. The molecule has 0 heterocycles. The van der Waals surface area contributed by atoms with Gasteiger partial charge in [-0.05, 0) is 53.3 Å². The highest BCUT2D eigenvalue weighted by atomic mass is 127. The molecule has 2 aromatic rings. The number of benzene rings is 2. The molecule has 0 N–H and O–H groups in total. The van der Waals surface area contributed by atoms with E-state index in [1.165, 1.54) is 0 Å². The van der Waals surface area contributed by atoms with Gasteiger partial charge < -0.3 is 4.74 Å². The van der Waals surface area contributed by atoms with Gasteiger partial charge >= 0.3 is 0 Å². The Morgan fingerprint density at radius 1 is 1.30 bits per heavy atom. The third kappa shape index (κ3) is 3.41. The molecule has 0 radical (unpaired) electrons. The molecule has 0 aliphatic carbocycles. The Morgan fingerprint density at radius 2 is 2.05 bits per heavy atom. The van der Waals surface area contributed by atoms with Crippen LogP contribution in [0.15, 0.2) is 40.9 Å². The van der Waals surface area contributed by atoms with E-state index < -0.39 is 0 Å². The van der Waals surface area contributed by atoms with Crippen LogP contribution in [0.1, 0.15) is 21.5 Å². The topological polar surface area (TPSA) is 26.3 Å². The predicted octanol–water partition coefficient (Wildman–Crippen LogP) is 4.80. The summed E-state index contributed by atoms with van der Waals surface area (Å²) in [6.45, 7) is 2.01. The van der Waals surface area contributed by atoms with Crippen molar-refractivity contribution in [1.82, 2.24) is 0 Å². The third-order valence-corrected chi connectivity index (χ3v) is 5.01. The number of aryl methyl sites for hydroxylation is 1. The van der Waals surface area contributed by atoms with Crippen LogP contribution < -0.4 is 4.74 Å². The minimum atomic E-state index is 0.106. The lowest BCUT2D eigenvalue weighted by molar-refractivity contribution is 0.0991. The van der Waals surface area contributed by atoms with Gasteiger partial charge in [0.15, 0.2) is 5.78 Å². The van der Waals surface area contributed by atoms with Gasteiger partial charge in [-0.2, -0.15) is 0 Å². The Bertz CT molecular complexity index is 653. The summed E-state index contributed by atoms with van der Waals surface area (Å²) in [7, 11) is 1.62. The molecule has 2 aromatic carbocycles. The van der Waals surface area contributed by atoms with Crippen molar-refractivity contribution < 1.29 is 9.53 Å². The molecule has 20 heavy (non-hydrogen) atoms. The first kappa shape index (κ1) is 15.5. The van der Waals surface area contributed by atoms with E-state index >= 15 is 0 Å². The molecule has 0 bridgehead atoms. The van der Waals surface area contributed by atoms with Gasteiger partial charge in [-0.25, -0.2) is 0 Å². The molecule has 2 nitrogen and oxygen atoms in total. The number of halogens is 2. The van der Waals surface area contributed by atoms with Crippen LogP contribution in [0.4, 0.5) is 0 Å². The smallest absolute Gasteiger partial charge is 0.168 e. The van der Waals surface area contributed by atoms with Crippen molar-refractivity contribution >= 4 is 44.3 Å². The Morgan fingerprint density at radius 3 is 2.75 bits per heavy atom. The van der Waals surface area contributed by atoms with Crippen molar-refractivity contribution in [3.8, 4) is 5.75 Å². The van der Waals surface area contributed by atoms with Crippen molar-refractivity contribution in [2.75, 3.05) is 7.11 Å². The number of carbonyl (C=O) groups is 1. The van der Waals surface area contributed by atoms with Gasteiger partial charge in [0.2, 0.25) is 0 Å². The van der Waals surface area contributed by atoms with E-state index in [-0.39, 0.29) is 5.78 Å². The molecule has 0 saturated heterocycles. The third-order valence-electron chi connectivity index (χ3n) is 3.09. The van der Waals surface area contributed by atoms with Gasteiger partial charge in [0.05, 0.1) is 7.11 Å². The maximum absolute atomic E-state index is 12.5. The fraction of sp³-hybridized carbons (Fsp3) is 0.188. The van der Waals surface area contributed by atoms with Crippen molar-refractivity contribution in [2.24, 2.45) is 0 Å². The van der Waals surface area contributed by atoms with Gasteiger partial charge in [-0.15, -0.1) is 0 Å². The summed E-state index contributed by atoms with van der Waals surface area (Å²) in [4.78, 5) is 12.5. The van der Waals surface area contributed by atoms with E-state index in [2.05, 4.69) is 38.5 Å². The van der Waals surface area contributed by atoms with Crippen molar-refractivity contribution in [3.63, 3.8) is 0 Å². The standard InChI is InChI=1S/C16H14BrIO2/c1-10-4-3-5-13(16(10)18)14(19)9-11-8-12(17)6-7-15(11)20-2/h3-8H,9H2,1-2H3. The minimum Gasteiger partial charge on any atom is -0.496 e. The number of ether oxygens (including phenoxy) is 1. The number of rotatable bonds is 4. The summed E-state index contributed by atoms with van der Waals surface area (Å²) >= 11 is 5.66. The Hall–Kier alpha value is -0.880. The molecular weight excluding hydrogens is 431 g/mol. The summed E-state index contributed by atoms with van der Waals surface area (Å²) < 4.78 is 7.28. The second kappa shape index (κ2) is 6.72. The zero-order chi connectivity index (χ0) is 14.7. The molecule has 104 valence electrons. The maximum atomic E-state index is 12.5. The van der Waals surface area contributed by atoms with Crippen molar-refractivity contribution in [3.05, 3.63) is 61.1 Å². The average Bonchev–Trinajstić information content (AvgIpc) is 2.42. The molecule has 0 atom stereocenters. The first-order valence-corrected chi connectivity index (χ1v) is 8.01. The van der Waals surface area contributed by atoms with E-state index in [1.54, 1.807) is 7.11 Å². The molecule has 0 fully saturated rings. The number of carbonyl (C=O) groups excluding carboxylic acids is 1. The molecule has 0 spiro atoms. The van der Waals surface area contributed by atoms with Gasteiger partial charge in [-0.3, -0.25) is 4.79 Å². The lowest BCUT2D eigenvalue weighted by atomic mass is 10.0. The number of ketones is 1. The Balaban J connectivity index is 2.32. The first-order chi connectivity index (χ1) is 9.52. The molecule has 0 amide bonds. The molecule has 0 saturated carbocycles. The minimum absolute atomic E-state index is 0.106. The summed E-state index contributed by atoms with van der Waals surface area (Å²) in [6, 6.07) is 11.5. The van der Waals surface area contributed by atoms with E-state index in [1.807, 2.05) is 43.3 Å². The molecule has 2 rings (SSSR count). The van der Waals surface area contributed by atoms with Crippen molar-refractivity contribution in [2.45, 2.75) is 13.3 Å². The van der Waals surface area contributed by atoms with E-state index in [0.717, 1.165) is 30.5 Å². The van der Waals surface area contributed by atoms with E-state index in [4.69, 9.17) is 4.74 Å². The second-order valence-corrected chi connectivity index (χ2v) is 6.49. The highest BCUT2D eigenvalue weighted by Gasteiger charge is 2.14. The van der Waals surface area contributed by atoms with Gasteiger partial charge in [0, 0.05) is 25.6 Å². The Labute approximate surface area is 140 Å². The quantitative estimate of drug-likeness (QED) is 0.500. The van der Waals surface area contributed by atoms with Crippen LogP contribution in [0.25, 0.3) is 0 Å². The fourth-order valence-corrected chi connectivity index (χ4v) is 3.09. The lowest BCUT2D eigenvalue weighted by Gasteiger charge is -2.10. The zero-order valence-corrected chi connectivity index (χ0v) is 15.0. The van der Waals surface area contributed by atoms with Gasteiger partial charge in [-0.1, -0.05) is 34.1 Å². The largest absolute Gasteiger partial charge is 0.496 e. The number of hydrogen-bond donors (Lipinski definition) is 0. The second-order valence-electron chi connectivity index (χ2n) is 4.49. The molecular formula is C16H14BrIO2.